The molecular weight excluding hydrogens is 244 g/mol. The van der Waals surface area contributed by atoms with Crippen LogP contribution in [0.25, 0.3) is 0 Å². The van der Waals surface area contributed by atoms with Crippen molar-refractivity contribution in [3.63, 3.8) is 0 Å². The Morgan fingerprint density at radius 1 is 1.42 bits per heavy atom. The molecule has 0 saturated carbocycles. The highest BCUT2D eigenvalue weighted by Crippen LogP contribution is 2.32. The van der Waals surface area contributed by atoms with Crippen molar-refractivity contribution in [1.82, 2.24) is 5.32 Å². The highest BCUT2D eigenvalue weighted by atomic mass is 16.6. The minimum Gasteiger partial charge on any atom is -0.478 e. The van der Waals surface area contributed by atoms with Gasteiger partial charge in [-0.3, -0.25) is 0 Å². The van der Waals surface area contributed by atoms with Gasteiger partial charge in [0.05, 0.1) is 7.11 Å². The summed E-state index contributed by atoms with van der Waals surface area (Å²) in [4.78, 5) is 13.9. The van der Waals surface area contributed by atoms with Gasteiger partial charge < -0.3 is 19.7 Å². The summed E-state index contributed by atoms with van der Waals surface area (Å²) >= 11 is 0. The van der Waals surface area contributed by atoms with E-state index in [-0.39, 0.29) is 5.97 Å². The number of carbonyl (C=O) groups excluding carboxylic acids is 1. The number of rotatable bonds is 2. The average molecular weight is 262 g/mol. The Bertz CT molecular complexity index is 484. The van der Waals surface area contributed by atoms with Crippen molar-refractivity contribution in [2.75, 3.05) is 38.2 Å². The molecule has 2 heterocycles. The number of carbonyl (C=O) groups is 1. The van der Waals surface area contributed by atoms with Crippen LogP contribution in [0.15, 0.2) is 18.2 Å². The topological polar surface area (TPSA) is 50.8 Å². The number of methoxy groups -OCH3 is 1. The maximum atomic E-state index is 11.5. The van der Waals surface area contributed by atoms with Crippen LogP contribution >= 0.6 is 0 Å². The van der Waals surface area contributed by atoms with Gasteiger partial charge in [0.25, 0.3) is 0 Å². The number of hydrogen-bond acceptors (Lipinski definition) is 5. The van der Waals surface area contributed by atoms with E-state index in [4.69, 9.17) is 9.47 Å². The maximum absolute atomic E-state index is 11.5. The molecule has 1 atom stereocenters. The standard InChI is InChI=1S/C14H18N2O3/c1-18-14(17)13-9-10-8-11(2-3-12(10)19-13)16-6-4-15-5-7-16/h2-3,8,13,15H,4-7,9H2,1H3. The van der Waals surface area contributed by atoms with Gasteiger partial charge >= 0.3 is 5.97 Å². The van der Waals surface area contributed by atoms with Gasteiger partial charge in [-0.25, -0.2) is 4.79 Å². The van der Waals surface area contributed by atoms with Crippen LogP contribution in [0.1, 0.15) is 5.56 Å². The molecule has 0 spiro atoms. The molecule has 0 aliphatic carbocycles. The van der Waals surface area contributed by atoms with Crippen molar-refractivity contribution in [1.29, 1.82) is 0 Å². The minimum absolute atomic E-state index is 0.306. The summed E-state index contributed by atoms with van der Waals surface area (Å²) in [6, 6.07) is 6.14. The van der Waals surface area contributed by atoms with E-state index >= 15 is 0 Å². The molecule has 2 aliphatic heterocycles. The van der Waals surface area contributed by atoms with E-state index in [0.29, 0.717) is 6.42 Å². The summed E-state index contributed by atoms with van der Waals surface area (Å²) in [7, 11) is 1.39. The van der Waals surface area contributed by atoms with E-state index in [1.165, 1.54) is 12.8 Å². The summed E-state index contributed by atoms with van der Waals surface area (Å²) in [5.74, 6) is 0.495. The highest BCUT2D eigenvalue weighted by molar-refractivity contribution is 5.77. The Labute approximate surface area is 112 Å². The zero-order valence-corrected chi connectivity index (χ0v) is 11.0. The fraction of sp³-hybridized carbons (Fsp3) is 0.500. The molecule has 0 aromatic heterocycles. The summed E-state index contributed by atoms with van der Waals surface area (Å²) in [5, 5.41) is 3.34. The third kappa shape index (κ3) is 2.38. The van der Waals surface area contributed by atoms with Crippen molar-refractivity contribution < 1.29 is 14.3 Å². The first-order chi connectivity index (χ1) is 9.28. The second kappa shape index (κ2) is 5.09. The molecule has 1 N–H and O–H groups in total. The average Bonchev–Trinajstić information content (AvgIpc) is 2.90. The molecule has 1 fully saturated rings. The van der Waals surface area contributed by atoms with E-state index in [2.05, 4.69) is 22.3 Å². The van der Waals surface area contributed by atoms with Crippen LogP contribution < -0.4 is 15.0 Å². The molecule has 0 bridgehead atoms. The first-order valence-corrected chi connectivity index (χ1v) is 6.61. The van der Waals surface area contributed by atoms with Crippen molar-refractivity contribution >= 4 is 11.7 Å². The van der Waals surface area contributed by atoms with E-state index in [0.717, 1.165) is 37.5 Å². The van der Waals surface area contributed by atoms with Crippen molar-refractivity contribution in [2.45, 2.75) is 12.5 Å². The summed E-state index contributed by atoms with van der Waals surface area (Å²) in [6.45, 7) is 4.05. The fourth-order valence-electron chi connectivity index (χ4n) is 2.62. The molecule has 1 unspecified atom stereocenters. The van der Waals surface area contributed by atoms with E-state index in [1.807, 2.05) is 6.07 Å². The molecule has 1 saturated heterocycles. The first-order valence-electron chi connectivity index (χ1n) is 6.61. The molecule has 19 heavy (non-hydrogen) atoms. The predicted molar refractivity (Wildman–Crippen MR) is 71.7 cm³/mol. The molecule has 3 rings (SSSR count). The SMILES string of the molecule is COC(=O)C1Cc2cc(N3CCNCC3)ccc2O1. The number of fused-ring (bicyclic) bond motifs is 1. The fourth-order valence-corrected chi connectivity index (χ4v) is 2.62. The zero-order valence-electron chi connectivity index (χ0n) is 11.0. The smallest absolute Gasteiger partial charge is 0.347 e. The first kappa shape index (κ1) is 12.3. The zero-order chi connectivity index (χ0) is 13.2. The number of anilines is 1. The number of piperazine rings is 1. The van der Waals surface area contributed by atoms with Gasteiger partial charge in [0, 0.05) is 43.9 Å². The quantitative estimate of drug-likeness (QED) is 0.790. The number of ether oxygens (including phenoxy) is 2. The molecular formula is C14H18N2O3. The summed E-state index contributed by atoms with van der Waals surface area (Å²) in [5.41, 5.74) is 2.29. The predicted octanol–water partition coefficient (Wildman–Crippen LogP) is 0.573. The Morgan fingerprint density at radius 2 is 2.21 bits per heavy atom. The minimum atomic E-state index is -0.488. The lowest BCUT2D eigenvalue weighted by Gasteiger charge is -2.29. The monoisotopic (exact) mass is 262 g/mol. The second-order valence-electron chi connectivity index (χ2n) is 4.86. The van der Waals surface area contributed by atoms with E-state index < -0.39 is 6.10 Å². The Morgan fingerprint density at radius 3 is 2.95 bits per heavy atom. The molecule has 1 aromatic rings. The van der Waals surface area contributed by atoms with Gasteiger partial charge in [0.2, 0.25) is 0 Å². The maximum Gasteiger partial charge on any atom is 0.347 e. The van der Waals surface area contributed by atoms with Gasteiger partial charge in [0.15, 0.2) is 6.10 Å². The molecule has 5 nitrogen and oxygen atoms in total. The van der Waals surface area contributed by atoms with Gasteiger partial charge in [-0.05, 0) is 18.2 Å². The number of benzene rings is 1. The molecule has 5 heteroatoms. The highest BCUT2D eigenvalue weighted by Gasteiger charge is 2.30. The largest absolute Gasteiger partial charge is 0.478 e. The van der Waals surface area contributed by atoms with Crippen LogP contribution in [0.2, 0.25) is 0 Å². The Kier molecular flexibility index (Phi) is 3.29. The molecule has 102 valence electrons. The second-order valence-corrected chi connectivity index (χ2v) is 4.86. The number of nitrogens with zero attached hydrogens (tertiary/aromatic N) is 1. The van der Waals surface area contributed by atoms with Crippen molar-refractivity contribution in [3.05, 3.63) is 23.8 Å². The number of hydrogen-bond donors (Lipinski definition) is 1. The molecule has 0 radical (unpaired) electrons. The van der Waals surface area contributed by atoms with E-state index in [1.54, 1.807) is 0 Å². The number of esters is 1. The van der Waals surface area contributed by atoms with E-state index in [9.17, 15) is 4.79 Å². The molecule has 2 aliphatic rings. The molecule has 0 amide bonds. The normalized spacial score (nSPS) is 21.7. The van der Waals surface area contributed by atoms with Gasteiger partial charge in [-0.15, -0.1) is 0 Å². The van der Waals surface area contributed by atoms with Crippen LogP contribution in [-0.4, -0.2) is 45.4 Å². The third-order valence-electron chi connectivity index (χ3n) is 3.66. The van der Waals surface area contributed by atoms with Crippen LogP contribution in [0.5, 0.6) is 5.75 Å². The molecule has 1 aromatic carbocycles. The Balaban J connectivity index is 1.77. The van der Waals surface area contributed by atoms with Crippen LogP contribution in [0.4, 0.5) is 5.69 Å². The number of nitrogens with one attached hydrogen (secondary N) is 1. The van der Waals surface area contributed by atoms with Crippen LogP contribution in [-0.2, 0) is 16.0 Å². The van der Waals surface area contributed by atoms with Gasteiger partial charge in [-0.1, -0.05) is 0 Å². The lowest BCUT2D eigenvalue weighted by molar-refractivity contribution is -0.147. The van der Waals surface area contributed by atoms with Crippen LogP contribution in [0, 0.1) is 0 Å². The van der Waals surface area contributed by atoms with Gasteiger partial charge in [0.1, 0.15) is 5.75 Å². The van der Waals surface area contributed by atoms with Crippen molar-refractivity contribution in [2.24, 2.45) is 0 Å². The summed E-state index contributed by atoms with van der Waals surface area (Å²) < 4.78 is 10.3. The van der Waals surface area contributed by atoms with Gasteiger partial charge in [-0.2, -0.15) is 0 Å². The Hall–Kier alpha value is -1.75. The lowest BCUT2D eigenvalue weighted by atomic mass is 10.1. The lowest BCUT2D eigenvalue weighted by Crippen LogP contribution is -2.43. The van der Waals surface area contributed by atoms with Crippen molar-refractivity contribution in [3.8, 4) is 5.75 Å². The third-order valence-corrected chi connectivity index (χ3v) is 3.66. The summed E-state index contributed by atoms with van der Waals surface area (Å²) in [6.07, 6.45) is 0.111. The van der Waals surface area contributed by atoms with Crippen LogP contribution in [0.3, 0.4) is 0 Å².